The monoisotopic (exact) mass is 326 g/mol. The first-order valence-corrected chi connectivity index (χ1v) is 7.33. The molecule has 23 heavy (non-hydrogen) atoms. The molecule has 4 N–H and O–H groups in total. The van der Waals surface area contributed by atoms with Crippen LogP contribution in [0.5, 0.6) is 0 Å². The number of nitrogens with zero attached hydrogens (tertiary/aromatic N) is 3. The summed E-state index contributed by atoms with van der Waals surface area (Å²) >= 11 is 4.08. The van der Waals surface area contributed by atoms with E-state index in [1.807, 2.05) is 24.3 Å². The smallest absolute Gasteiger partial charge is 0.229 e. The van der Waals surface area contributed by atoms with E-state index in [-0.39, 0.29) is 12.3 Å². The summed E-state index contributed by atoms with van der Waals surface area (Å²) < 4.78 is 0. The summed E-state index contributed by atoms with van der Waals surface area (Å²) in [6.45, 7) is 0. The zero-order valence-corrected chi connectivity index (χ0v) is 12.9. The lowest BCUT2D eigenvalue weighted by Gasteiger charge is -2.07. The number of amides is 1. The molecule has 3 aromatic rings. The van der Waals surface area contributed by atoms with Gasteiger partial charge in [0.05, 0.1) is 18.4 Å². The second-order valence-corrected chi connectivity index (χ2v) is 5.11. The number of thiol groups is 1. The molecule has 0 aliphatic rings. The van der Waals surface area contributed by atoms with Gasteiger partial charge in [-0.25, -0.2) is 9.97 Å². The van der Waals surface area contributed by atoms with Crippen molar-refractivity contribution in [2.75, 3.05) is 5.32 Å². The van der Waals surface area contributed by atoms with E-state index in [1.165, 1.54) is 0 Å². The maximum absolute atomic E-state index is 10.9. The molecule has 0 atom stereocenters. The Kier molecular flexibility index (Phi) is 4.24. The molecule has 2 heterocycles. The van der Waals surface area contributed by atoms with Crippen molar-refractivity contribution in [1.82, 2.24) is 19.9 Å². The summed E-state index contributed by atoms with van der Waals surface area (Å²) in [6.07, 6.45) is 3.54. The Balaban J connectivity index is 1.87. The van der Waals surface area contributed by atoms with Gasteiger partial charge in [-0.1, -0.05) is 12.1 Å². The number of fused-ring (bicyclic) bond motifs is 1. The van der Waals surface area contributed by atoms with Crippen LogP contribution in [0.2, 0.25) is 0 Å². The number of hydrogen-bond donors (Lipinski definition) is 4. The largest absolute Gasteiger partial charge is 0.369 e. The average Bonchev–Trinajstić information content (AvgIpc) is 2.98. The Bertz CT molecular complexity index is 871. The third-order valence-electron chi connectivity index (χ3n) is 3.13. The molecule has 1 aromatic carbocycles. The molecule has 8 heteroatoms. The first-order chi connectivity index (χ1) is 11.2. The summed E-state index contributed by atoms with van der Waals surface area (Å²) in [5, 5.41) is 4.72. The number of aromatic nitrogens is 4. The first-order valence-electron chi connectivity index (χ1n) is 6.82. The van der Waals surface area contributed by atoms with Crippen LogP contribution >= 0.6 is 12.6 Å². The minimum absolute atomic E-state index is 0.215. The fourth-order valence-electron chi connectivity index (χ4n) is 2.14. The number of carbonyl (C=O) groups is 1. The molecular formula is C15H14N6OS. The van der Waals surface area contributed by atoms with Gasteiger partial charge in [-0.05, 0) is 29.2 Å². The number of imidazole rings is 1. The van der Waals surface area contributed by atoms with Crippen LogP contribution in [0.15, 0.2) is 36.0 Å². The summed E-state index contributed by atoms with van der Waals surface area (Å²) in [7, 11) is 0. The van der Waals surface area contributed by atoms with Gasteiger partial charge in [0.1, 0.15) is 5.52 Å². The van der Waals surface area contributed by atoms with Crippen molar-refractivity contribution in [3.63, 3.8) is 0 Å². The van der Waals surface area contributed by atoms with Crippen LogP contribution < -0.4 is 11.1 Å². The Morgan fingerprint density at radius 2 is 2.09 bits per heavy atom. The lowest BCUT2D eigenvalue weighted by Crippen LogP contribution is -2.13. The Labute approximate surface area is 137 Å². The Morgan fingerprint density at radius 3 is 2.78 bits per heavy atom. The number of anilines is 2. The quantitative estimate of drug-likeness (QED) is 0.536. The minimum Gasteiger partial charge on any atom is -0.369 e. The van der Waals surface area contributed by atoms with Gasteiger partial charge in [0.25, 0.3) is 0 Å². The summed E-state index contributed by atoms with van der Waals surface area (Å²) in [5.41, 5.74) is 8.83. The fourth-order valence-corrected chi connectivity index (χ4v) is 2.28. The van der Waals surface area contributed by atoms with Gasteiger partial charge < -0.3 is 16.0 Å². The number of nitrogens with one attached hydrogen (secondary N) is 2. The van der Waals surface area contributed by atoms with Crippen LogP contribution in [0.25, 0.3) is 17.2 Å². The molecular weight excluding hydrogens is 312 g/mol. The van der Waals surface area contributed by atoms with Crippen molar-refractivity contribution >= 4 is 47.4 Å². The van der Waals surface area contributed by atoms with E-state index in [0.717, 1.165) is 16.8 Å². The van der Waals surface area contributed by atoms with Crippen LogP contribution in [-0.4, -0.2) is 25.8 Å². The molecule has 7 nitrogen and oxygen atoms in total. The van der Waals surface area contributed by atoms with E-state index in [0.29, 0.717) is 17.3 Å². The first kappa shape index (κ1) is 15.0. The summed E-state index contributed by atoms with van der Waals surface area (Å²) in [4.78, 5) is 26.8. The number of primary amides is 1. The molecule has 0 aliphatic heterocycles. The minimum atomic E-state index is -0.360. The maximum atomic E-state index is 10.9. The van der Waals surface area contributed by atoms with Crippen molar-refractivity contribution in [2.45, 2.75) is 6.42 Å². The standard InChI is InChI=1S/C15H14N6OS/c16-12(22)7-9-1-3-10(4-2-9)19-15-20-11(5-6-23)13-14(21-15)18-8-17-13/h1-6,8,23H,7H2,(H2,16,22)(H2,17,18,19,20,21)/b6-5+. The number of H-pyrrole nitrogens is 1. The Morgan fingerprint density at radius 1 is 1.30 bits per heavy atom. The van der Waals surface area contributed by atoms with Crippen LogP contribution in [0, 0.1) is 0 Å². The van der Waals surface area contributed by atoms with Crippen molar-refractivity contribution in [3.05, 3.63) is 47.3 Å². The van der Waals surface area contributed by atoms with Gasteiger partial charge in [-0.2, -0.15) is 17.6 Å². The van der Waals surface area contributed by atoms with Gasteiger partial charge in [-0.15, -0.1) is 0 Å². The van der Waals surface area contributed by atoms with Crippen molar-refractivity contribution in [2.24, 2.45) is 5.73 Å². The number of carbonyl (C=O) groups excluding carboxylic acids is 1. The number of hydrogen-bond acceptors (Lipinski definition) is 6. The van der Waals surface area contributed by atoms with Gasteiger partial charge in [0.2, 0.25) is 11.9 Å². The van der Waals surface area contributed by atoms with Crippen LogP contribution in [0.3, 0.4) is 0 Å². The van der Waals surface area contributed by atoms with Gasteiger partial charge in [0.15, 0.2) is 5.65 Å². The zero-order valence-electron chi connectivity index (χ0n) is 12.0. The molecule has 0 radical (unpaired) electrons. The molecule has 1 amide bonds. The number of aromatic amines is 1. The normalized spacial score (nSPS) is 11.2. The highest BCUT2D eigenvalue weighted by molar-refractivity contribution is 7.83. The lowest BCUT2D eigenvalue weighted by molar-refractivity contribution is -0.117. The molecule has 0 saturated heterocycles. The molecule has 0 bridgehead atoms. The number of nitrogens with two attached hydrogens (primary N) is 1. The number of rotatable bonds is 5. The molecule has 0 fully saturated rings. The Hall–Kier alpha value is -2.87. The van der Waals surface area contributed by atoms with Crippen molar-refractivity contribution in [3.8, 4) is 0 Å². The molecule has 0 unspecified atom stereocenters. The molecule has 116 valence electrons. The highest BCUT2D eigenvalue weighted by atomic mass is 32.1. The lowest BCUT2D eigenvalue weighted by atomic mass is 10.1. The van der Waals surface area contributed by atoms with Crippen LogP contribution in [0.1, 0.15) is 11.3 Å². The molecule has 3 rings (SSSR count). The summed E-state index contributed by atoms with van der Waals surface area (Å²) in [6, 6.07) is 7.33. The molecule has 0 aliphatic carbocycles. The highest BCUT2D eigenvalue weighted by Gasteiger charge is 2.08. The number of benzene rings is 1. The second-order valence-electron chi connectivity index (χ2n) is 4.81. The van der Waals surface area contributed by atoms with E-state index in [2.05, 4.69) is 37.9 Å². The van der Waals surface area contributed by atoms with Crippen molar-refractivity contribution in [1.29, 1.82) is 0 Å². The zero-order chi connectivity index (χ0) is 16.2. The van der Waals surface area contributed by atoms with E-state index >= 15 is 0 Å². The van der Waals surface area contributed by atoms with E-state index in [9.17, 15) is 4.79 Å². The highest BCUT2D eigenvalue weighted by Crippen LogP contribution is 2.19. The predicted octanol–water partition coefficient (Wildman–Crippen LogP) is 2.02. The van der Waals surface area contributed by atoms with Crippen molar-refractivity contribution < 1.29 is 4.79 Å². The van der Waals surface area contributed by atoms with Gasteiger partial charge in [-0.3, -0.25) is 4.79 Å². The van der Waals surface area contributed by atoms with E-state index in [1.54, 1.807) is 17.8 Å². The van der Waals surface area contributed by atoms with Crippen LogP contribution in [0.4, 0.5) is 11.6 Å². The topological polar surface area (TPSA) is 110 Å². The van der Waals surface area contributed by atoms with Gasteiger partial charge in [0, 0.05) is 5.69 Å². The predicted molar refractivity (Wildman–Crippen MR) is 92.3 cm³/mol. The maximum Gasteiger partial charge on any atom is 0.229 e. The molecule has 0 saturated carbocycles. The van der Waals surface area contributed by atoms with Crippen LogP contribution in [-0.2, 0) is 11.2 Å². The fraction of sp³-hybridized carbons (Fsp3) is 0.0667. The molecule has 0 spiro atoms. The third kappa shape index (κ3) is 3.49. The SMILES string of the molecule is NC(=O)Cc1ccc(Nc2nc(/C=C/S)c3[nH]cnc3n2)cc1. The second kappa shape index (κ2) is 6.49. The molecule has 2 aromatic heterocycles. The van der Waals surface area contributed by atoms with E-state index < -0.39 is 0 Å². The van der Waals surface area contributed by atoms with E-state index in [4.69, 9.17) is 5.73 Å². The summed E-state index contributed by atoms with van der Waals surface area (Å²) in [5.74, 6) is 0.0647. The van der Waals surface area contributed by atoms with Gasteiger partial charge >= 0.3 is 0 Å². The average molecular weight is 326 g/mol. The third-order valence-corrected chi connectivity index (χ3v) is 3.28.